The fraction of sp³-hybridized carbons (Fsp3) is 0. The quantitative estimate of drug-likeness (QED) is 0.690. The minimum atomic E-state index is 0.893. The van der Waals surface area contributed by atoms with Crippen LogP contribution in [0.3, 0.4) is 0 Å². The highest BCUT2D eigenvalue weighted by Gasteiger charge is 1.93. The van der Waals surface area contributed by atoms with E-state index in [1.54, 1.807) is 0 Å². The van der Waals surface area contributed by atoms with E-state index in [-0.39, 0.29) is 0 Å². The van der Waals surface area contributed by atoms with Crippen molar-refractivity contribution in [1.29, 1.82) is 0 Å². The van der Waals surface area contributed by atoms with Crippen molar-refractivity contribution < 1.29 is 4.74 Å². The fourth-order valence-corrected chi connectivity index (χ4v) is 1.68. The molecule has 2 aromatic rings. The number of rotatable bonds is 2. The lowest BCUT2D eigenvalue weighted by atomic mass is 10.3. The van der Waals surface area contributed by atoms with E-state index in [4.69, 9.17) is 4.74 Å². The van der Waals surface area contributed by atoms with Gasteiger partial charge in [0, 0.05) is 0 Å². The van der Waals surface area contributed by atoms with Gasteiger partial charge in [-0.2, -0.15) is 0 Å². The molecule has 0 amide bonds. The smallest absolute Gasteiger partial charge is 0.153 e. The molecule has 0 aliphatic carbocycles. The molecule has 13 heavy (non-hydrogen) atoms. The molecule has 0 bridgehead atoms. The summed E-state index contributed by atoms with van der Waals surface area (Å²) in [5.41, 5.74) is 0.966. The van der Waals surface area contributed by atoms with E-state index in [1.165, 1.54) is 0 Å². The Balaban J connectivity index is 2.16. The zero-order valence-electron chi connectivity index (χ0n) is 7.05. The highest BCUT2D eigenvalue weighted by Crippen LogP contribution is 2.27. The van der Waals surface area contributed by atoms with Crippen molar-refractivity contribution in [3.63, 3.8) is 0 Å². The van der Waals surface area contributed by atoms with E-state index in [2.05, 4.69) is 5.80 Å². The molecule has 1 heterocycles. The lowest BCUT2D eigenvalue weighted by Gasteiger charge is -2.02. The Hall–Kier alpha value is -1.33. The summed E-state index contributed by atoms with van der Waals surface area (Å²) in [6.45, 7) is 0. The van der Waals surface area contributed by atoms with Gasteiger partial charge in [0.05, 0.1) is 0 Å². The predicted molar refractivity (Wildman–Crippen MR) is 55.5 cm³/mol. The molecule has 0 radical (unpaired) electrons. The highest BCUT2D eigenvalue weighted by molar-refractivity contribution is 7.31. The Kier molecular flexibility index (Phi) is 2.59. The predicted octanol–water partition coefficient (Wildman–Crippen LogP) is 4.06. The molecule has 0 spiro atoms. The minimum absolute atomic E-state index is 0.893. The summed E-state index contributed by atoms with van der Waals surface area (Å²) >= 11 is 0. The van der Waals surface area contributed by atoms with Crippen molar-refractivity contribution in [2.45, 2.75) is 0 Å². The topological polar surface area (TPSA) is 9.23 Å². The summed E-state index contributed by atoms with van der Waals surface area (Å²) in [5.74, 6) is 2.95. The van der Waals surface area contributed by atoms with Crippen LogP contribution in [0.25, 0.3) is 0 Å². The molecule has 0 aliphatic rings. The van der Waals surface area contributed by atoms with Crippen molar-refractivity contribution >= 4 is 8.19 Å². The van der Waals surface area contributed by atoms with Crippen molar-refractivity contribution in [3.05, 3.63) is 54.3 Å². The monoisotopic (exact) mass is 188 g/mol. The van der Waals surface area contributed by atoms with Crippen LogP contribution in [0.2, 0.25) is 0 Å². The van der Waals surface area contributed by atoms with Gasteiger partial charge in [0.25, 0.3) is 0 Å². The number of ether oxygens (including phenoxy) is 1. The van der Waals surface area contributed by atoms with E-state index < -0.39 is 0 Å². The Morgan fingerprint density at radius 2 is 1.62 bits per heavy atom. The number of benzene rings is 1. The standard InChI is InChI=1S/C11H9OP/c1-2-6-10(7-3-1)12-11-8-4-5-9-13-11/h1-9H. The molecule has 2 rings (SSSR count). The molecule has 0 aliphatic heterocycles. The van der Waals surface area contributed by atoms with Crippen LogP contribution in [0.1, 0.15) is 0 Å². The van der Waals surface area contributed by atoms with Crippen molar-refractivity contribution in [2.24, 2.45) is 0 Å². The molecule has 1 aromatic heterocycles. The fourth-order valence-electron chi connectivity index (χ4n) is 1.02. The number of hydrogen-bond donors (Lipinski definition) is 0. The van der Waals surface area contributed by atoms with Gasteiger partial charge in [0.1, 0.15) is 5.75 Å². The SMILES string of the molecule is c1ccc(Oc2ccccp2)cc1. The normalized spacial score (nSPS) is 10.2. The molecule has 0 unspecified atom stereocenters. The Labute approximate surface area is 79.1 Å². The van der Waals surface area contributed by atoms with Crippen LogP contribution in [0.5, 0.6) is 11.2 Å². The van der Waals surface area contributed by atoms with E-state index in [9.17, 15) is 0 Å². The van der Waals surface area contributed by atoms with Gasteiger partial charge >= 0.3 is 0 Å². The van der Waals surface area contributed by atoms with Crippen molar-refractivity contribution in [3.8, 4) is 11.2 Å². The molecule has 1 nitrogen and oxygen atoms in total. The molecule has 0 N–H and O–H groups in total. The van der Waals surface area contributed by atoms with Crippen molar-refractivity contribution in [2.75, 3.05) is 0 Å². The van der Waals surface area contributed by atoms with Gasteiger partial charge in [0.15, 0.2) is 5.48 Å². The maximum atomic E-state index is 5.62. The molecule has 2 heteroatoms. The van der Waals surface area contributed by atoms with Crippen LogP contribution in [0.15, 0.2) is 54.3 Å². The largest absolute Gasteiger partial charge is 0.453 e. The summed E-state index contributed by atoms with van der Waals surface area (Å²) in [5, 5.41) is 0. The van der Waals surface area contributed by atoms with Crippen LogP contribution >= 0.6 is 8.19 Å². The molecule has 1 aromatic carbocycles. The average molecular weight is 188 g/mol. The molecule has 0 saturated carbocycles. The first kappa shape index (κ1) is 8.28. The van der Waals surface area contributed by atoms with E-state index in [0.717, 1.165) is 19.4 Å². The van der Waals surface area contributed by atoms with Gasteiger partial charge in [-0.25, -0.2) is 0 Å². The summed E-state index contributed by atoms with van der Waals surface area (Å²) < 4.78 is 5.62. The molecular formula is C11H9OP. The Morgan fingerprint density at radius 3 is 2.31 bits per heavy atom. The molecule has 64 valence electrons. The lowest BCUT2D eigenvalue weighted by molar-refractivity contribution is 0.496. The second kappa shape index (κ2) is 4.06. The van der Waals surface area contributed by atoms with Crippen LogP contribution in [0.4, 0.5) is 0 Å². The van der Waals surface area contributed by atoms with Crippen LogP contribution in [-0.4, -0.2) is 0 Å². The van der Waals surface area contributed by atoms with E-state index in [1.807, 2.05) is 48.5 Å². The molecule has 0 saturated heterocycles. The van der Waals surface area contributed by atoms with Gasteiger partial charge in [-0.15, -0.1) is 0 Å². The Morgan fingerprint density at radius 1 is 0.846 bits per heavy atom. The summed E-state index contributed by atoms with van der Waals surface area (Å²) in [6, 6.07) is 15.8. The average Bonchev–Trinajstić information content (AvgIpc) is 2.21. The third kappa shape index (κ3) is 2.30. The zero-order chi connectivity index (χ0) is 8.93. The lowest BCUT2D eigenvalue weighted by Crippen LogP contribution is -1.79. The van der Waals surface area contributed by atoms with Crippen LogP contribution < -0.4 is 4.74 Å². The number of hydrogen-bond acceptors (Lipinski definition) is 1. The first-order valence-corrected chi connectivity index (χ1v) is 5.05. The van der Waals surface area contributed by atoms with Gasteiger partial charge in [-0.3, -0.25) is 0 Å². The minimum Gasteiger partial charge on any atom is -0.453 e. The van der Waals surface area contributed by atoms with E-state index in [0.29, 0.717) is 0 Å². The third-order valence-corrected chi connectivity index (χ3v) is 2.42. The number of para-hydroxylation sites is 1. The van der Waals surface area contributed by atoms with Crippen LogP contribution in [-0.2, 0) is 0 Å². The Bertz CT molecular complexity index is 321. The summed E-state index contributed by atoms with van der Waals surface area (Å²) in [7, 11) is 1.12. The zero-order valence-corrected chi connectivity index (χ0v) is 7.95. The second-order valence-electron chi connectivity index (χ2n) is 2.58. The van der Waals surface area contributed by atoms with Gasteiger partial charge in [0.2, 0.25) is 0 Å². The van der Waals surface area contributed by atoms with E-state index >= 15 is 0 Å². The molecule has 0 atom stereocenters. The third-order valence-electron chi connectivity index (χ3n) is 1.60. The van der Waals surface area contributed by atoms with Gasteiger partial charge in [-0.1, -0.05) is 30.3 Å². The van der Waals surface area contributed by atoms with Crippen molar-refractivity contribution in [1.82, 2.24) is 0 Å². The summed E-state index contributed by atoms with van der Waals surface area (Å²) in [4.78, 5) is 0. The summed E-state index contributed by atoms with van der Waals surface area (Å²) in [6.07, 6.45) is 0. The second-order valence-corrected chi connectivity index (χ2v) is 3.58. The maximum absolute atomic E-state index is 5.62. The van der Waals surface area contributed by atoms with Crippen LogP contribution in [0, 0.1) is 0 Å². The van der Waals surface area contributed by atoms with Gasteiger partial charge in [-0.05, 0) is 32.2 Å². The van der Waals surface area contributed by atoms with Gasteiger partial charge < -0.3 is 4.74 Å². The molecule has 0 fully saturated rings. The maximum Gasteiger partial charge on any atom is 0.153 e. The highest BCUT2D eigenvalue weighted by atomic mass is 31.0. The molecular weight excluding hydrogens is 179 g/mol. The first-order chi connectivity index (χ1) is 6.45. The first-order valence-electron chi connectivity index (χ1n) is 4.09.